The Bertz CT molecular complexity index is 1140. The van der Waals surface area contributed by atoms with Crippen molar-refractivity contribution in [2.45, 2.75) is 6.54 Å². The summed E-state index contributed by atoms with van der Waals surface area (Å²) in [7, 11) is 0. The maximum absolute atomic E-state index is 13.0. The van der Waals surface area contributed by atoms with Crippen molar-refractivity contribution in [3.05, 3.63) is 97.7 Å². The third kappa shape index (κ3) is 5.19. The summed E-state index contributed by atoms with van der Waals surface area (Å²) in [6.45, 7) is 0.293. The number of carbonyl (C=O) groups is 1. The SMILES string of the molecule is O=C1/C(=C/c2ccc(Br)cc2)S/C(=N\N=C\c2cccc(Br)c2)N1Cc1ccco1. The number of thioether (sulfide) groups is 1. The second-order valence-electron chi connectivity index (χ2n) is 6.32. The van der Waals surface area contributed by atoms with Crippen LogP contribution < -0.4 is 0 Å². The molecule has 1 aliphatic rings. The average Bonchev–Trinajstić information content (AvgIpc) is 3.34. The van der Waals surface area contributed by atoms with Crippen LogP contribution in [0.3, 0.4) is 0 Å². The molecule has 0 atom stereocenters. The summed E-state index contributed by atoms with van der Waals surface area (Å²) < 4.78 is 7.37. The number of rotatable bonds is 5. The number of carbonyl (C=O) groups excluding carboxylic acids is 1. The van der Waals surface area contributed by atoms with E-state index in [0.29, 0.717) is 22.4 Å². The van der Waals surface area contributed by atoms with Gasteiger partial charge in [0.2, 0.25) is 0 Å². The summed E-state index contributed by atoms with van der Waals surface area (Å²) in [5.41, 5.74) is 1.84. The second-order valence-corrected chi connectivity index (χ2v) is 9.16. The molecule has 4 rings (SSSR count). The fourth-order valence-electron chi connectivity index (χ4n) is 2.72. The van der Waals surface area contributed by atoms with Crippen LogP contribution in [0.1, 0.15) is 16.9 Å². The highest BCUT2D eigenvalue weighted by atomic mass is 79.9. The number of hydrogen-bond donors (Lipinski definition) is 0. The molecule has 0 aliphatic carbocycles. The van der Waals surface area contributed by atoms with E-state index in [4.69, 9.17) is 4.42 Å². The van der Waals surface area contributed by atoms with Crippen molar-refractivity contribution in [3.8, 4) is 0 Å². The molecule has 8 heteroatoms. The largest absolute Gasteiger partial charge is 0.467 e. The van der Waals surface area contributed by atoms with E-state index in [9.17, 15) is 4.79 Å². The van der Waals surface area contributed by atoms with Gasteiger partial charge in [-0.25, -0.2) is 0 Å². The number of hydrogen-bond acceptors (Lipinski definition) is 5. The summed E-state index contributed by atoms with van der Waals surface area (Å²) in [5, 5.41) is 9.02. The van der Waals surface area contributed by atoms with Crippen LogP contribution >= 0.6 is 43.6 Å². The molecule has 1 aromatic heterocycles. The first-order chi connectivity index (χ1) is 14.6. The highest BCUT2D eigenvalue weighted by Gasteiger charge is 2.34. The zero-order valence-corrected chi connectivity index (χ0v) is 19.5. The first kappa shape index (κ1) is 20.8. The van der Waals surface area contributed by atoms with E-state index in [1.165, 1.54) is 11.8 Å². The normalized spacial score (nSPS) is 17.0. The van der Waals surface area contributed by atoms with Gasteiger partial charge in [0.1, 0.15) is 5.76 Å². The summed E-state index contributed by atoms with van der Waals surface area (Å²) >= 11 is 8.16. The number of furan rings is 1. The molecule has 0 radical (unpaired) electrons. The molecule has 2 aromatic carbocycles. The molecule has 30 heavy (non-hydrogen) atoms. The summed E-state index contributed by atoms with van der Waals surface area (Å²) in [6.07, 6.45) is 5.10. The summed E-state index contributed by atoms with van der Waals surface area (Å²) in [4.78, 5) is 15.2. The maximum atomic E-state index is 13.0. The first-order valence-corrected chi connectivity index (χ1v) is 11.3. The lowest BCUT2D eigenvalue weighted by Gasteiger charge is -2.12. The van der Waals surface area contributed by atoms with Gasteiger partial charge in [-0.3, -0.25) is 9.69 Å². The first-order valence-electron chi connectivity index (χ1n) is 8.94. The van der Waals surface area contributed by atoms with Crippen LogP contribution in [0.4, 0.5) is 0 Å². The molecule has 0 saturated carbocycles. The molecule has 1 aliphatic heterocycles. The quantitative estimate of drug-likeness (QED) is 0.215. The third-order valence-electron chi connectivity index (χ3n) is 4.15. The van der Waals surface area contributed by atoms with Gasteiger partial charge in [0.25, 0.3) is 5.91 Å². The van der Waals surface area contributed by atoms with Crippen molar-refractivity contribution in [2.24, 2.45) is 10.2 Å². The Hall–Kier alpha value is -2.42. The van der Waals surface area contributed by atoms with Crippen LogP contribution in [0.25, 0.3) is 6.08 Å². The van der Waals surface area contributed by atoms with Gasteiger partial charge in [-0.2, -0.15) is 5.10 Å². The van der Waals surface area contributed by atoms with Crippen molar-refractivity contribution in [1.82, 2.24) is 4.90 Å². The third-order valence-corrected chi connectivity index (χ3v) is 6.17. The van der Waals surface area contributed by atoms with E-state index in [-0.39, 0.29) is 5.91 Å². The van der Waals surface area contributed by atoms with E-state index in [1.807, 2.05) is 60.7 Å². The fourth-order valence-corrected chi connectivity index (χ4v) is 4.34. The number of amides is 1. The van der Waals surface area contributed by atoms with Crippen molar-refractivity contribution >= 4 is 67.0 Å². The lowest BCUT2D eigenvalue weighted by molar-refractivity contribution is -0.122. The van der Waals surface area contributed by atoms with Crippen LogP contribution in [0.15, 0.2) is 95.4 Å². The summed E-state index contributed by atoms with van der Waals surface area (Å²) in [5.74, 6) is 0.549. The maximum Gasteiger partial charge on any atom is 0.267 e. The minimum Gasteiger partial charge on any atom is -0.467 e. The molecule has 0 N–H and O–H groups in total. The molecule has 3 aromatic rings. The van der Waals surface area contributed by atoms with Gasteiger partial charge in [0.05, 0.1) is 23.9 Å². The predicted octanol–water partition coefficient (Wildman–Crippen LogP) is 6.31. The minimum absolute atomic E-state index is 0.129. The second kappa shape index (κ2) is 9.59. The van der Waals surface area contributed by atoms with Gasteiger partial charge in [0, 0.05) is 8.95 Å². The molecular formula is C22H15Br2N3O2S. The Morgan fingerprint density at radius 1 is 1.00 bits per heavy atom. The minimum atomic E-state index is -0.129. The lowest BCUT2D eigenvalue weighted by atomic mass is 10.2. The van der Waals surface area contributed by atoms with E-state index in [2.05, 4.69) is 42.1 Å². The molecule has 150 valence electrons. The molecular weight excluding hydrogens is 530 g/mol. The van der Waals surface area contributed by atoms with Gasteiger partial charge in [-0.15, -0.1) is 5.10 Å². The van der Waals surface area contributed by atoms with Crippen LogP contribution in [-0.2, 0) is 11.3 Å². The van der Waals surface area contributed by atoms with E-state index < -0.39 is 0 Å². The van der Waals surface area contributed by atoms with Crippen LogP contribution in [0.2, 0.25) is 0 Å². The van der Waals surface area contributed by atoms with E-state index in [0.717, 1.165) is 20.1 Å². The molecule has 1 saturated heterocycles. The molecule has 1 amide bonds. The van der Waals surface area contributed by atoms with Gasteiger partial charge >= 0.3 is 0 Å². The lowest BCUT2D eigenvalue weighted by Crippen LogP contribution is -2.28. The van der Waals surface area contributed by atoms with Crippen molar-refractivity contribution in [2.75, 3.05) is 0 Å². The molecule has 0 bridgehead atoms. The van der Waals surface area contributed by atoms with Gasteiger partial charge < -0.3 is 4.42 Å². The highest BCUT2D eigenvalue weighted by molar-refractivity contribution is 9.10. The molecule has 0 spiro atoms. The number of halogens is 2. The predicted molar refractivity (Wildman–Crippen MR) is 128 cm³/mol. The Kier molecular flexibility index (Phi) is 6.66. The zero-order chi connectivity index (χ0) is 20.9. The summed E-state index contributed by atoms with van der Waals surface area (Å²) in [6, 6.07) is 19.1. The molecule has 2 heterocycles. The molecule has 1 fully saturated rings. The smallest absolute Gasteiger partial charge is 0.267 e. The monoisotopic (exact) mass is 543 g/mol. The van der Waals surface area contributed by atoms with Gasteiger partial charge in [-0.05, 0) is 65.4 Å². The molecule has 0 unspecified atom stereocenters. The Morgan fingerprint density at radius 2 is 1.83 bits per heavy atom. The van der Waals surface area contributed by atoms with Gasteiger partial charge in [0.15, 0.2) is 5.17 Å². The van der Waals surface area contributed by atoms with Crippen molar-refractivity contribution in [3.63, 3.8) is 0 Å². The fraction of sp³-hybridized carbons (Fsp3) is 0.0455. The standard InChI is InChI=1S/C22H15Br2N3O2S/c23-17-8-6-15(7-9-17)12-20-21(28)27(14-19-5-2-10-29-19)22(30-20)26-25-13-16-3-1-4-18(24)11-16/h1-13H,14H2/b20-12-,25-13+,26-22-. The molecule has 5 nitrogen and oxygen atoms in total. The topological polar surface area (TPSA) is 58.2 Å². The van der Waals surface area contributed by atoms with E-state index >= 15 is 0 Å². The van der Waals surface area contributed by atoms with Crippen LogP contribution in [0.5, 0.6) is 0 Å². The van der Waals surface area contributed by atoms with Crippen molar-refractivity contribution in [1.29, 1.82) is 0 Å². The van der Waals surface area contributed by atoms with Crippen LogP contribution in [-0.4, -0.2) is 22.2 Å². The highest BCUT2D eigenvalue weighted by Crippen LogP contribution is 2.34. The number of nitrogens with zero attached hydrogens (tertiary/aromatic N) is 3. The van der Waals surface area contributed by atoms with Gasteiger partial charge in [-0.1, -0.05) is 56.1 Å². The number of benzene rings is 2. The zero-order valence-electron chi connectivity index (χ0n) is 15.5. The Morgan fingerprint density at radius 3 is 2.57 bits per heavy atom. The average molecular weight is 545 g/mol. The number of amidine groups is 1. The van der Waals surface area contributed by atoms with Crippen LogP contribution in [0, 0.1) is 0 Å². The Labute approximate surface area is 194 Å². The Balaban J connectivity index is 1.61. The van der Waals surface area contributed by atoms with Crippen molar-refractivity contribution < 1.29 is 9.21 Å². The van der Waals surface area contributed by atoms with E-state index in [1.54, 1.807) is 23.4 Å².